The Morgan fingerprint density at radius 1 is 0.864 bits per heavy atom. The summed E-state index contributed by atoms with van der Waals surface area (Å²) in [6, 6.07) is 29.1. The number of aryl methyl sites for hydroxylation is 2. The lowest BCUT2D eigenvalue weighted by Crippen LogP contribution is -2.53. The predicted octanol–water partition coefficient (Wildman–Crippen LogP) is 6.32. The third-order valence-electron chi connectivity index (χ3n) is 7.39. The predicted molar refractivity (Wildman–Crippen MR) is 176 cm³/mol. The summed E-state index contributed by atoms with van der Waals surface area (Å²) in [6.45, 7) is 5.85. The van der Waals surface area contributed by atoms with Crippen molar-refractivity contribution in [2.45, 2.75) is 51.1 Å². The molecule has 44 heavy (non-hydrogen) atoms. The van der Waals surface area contributed by atoms with Gasteiger partial charge in [0, 0.05) is 24.5 Å². The molecule has 4 aromatic carbocycles. The van der Waals surface area contributed by atoms with E-state index in [1.807, 2.05) is 81.4 Å². The molecule has 0 fully saturated rings. The van der Waals surface area contributed by atoms with Crippen LogP contribution in [0.2, 0.25) is 5.02 Å². The monoisotopic (exact) mass is 631 g/mol. The standard InChI is InChI=1S/C35H38ClN3O4S/c1-4-21-37-35(41)33(23-28-13-6-5-7-14-28)38(24-29-15-9-8-12-27(29)3)34(40)25-39(31-16-10-11-26(2)22-31)44(42,43)32-19-17-30(36)18-20-32/h5-20,22,33H,4,21,23-25H2,1-3H3,(H,37,41)/t33-/m0/s1. The molecule has 0 bridgehead atoms. The molecule has 230 valence electrons. The van der Waals surface area contributed by atoms with Crippen LogP contribution in [0.1, 0.15) is 35.6 Å². The minimum Gasteiger partial charge on any atom is -0.354 e. The number of anilines is 1. The van der Waals surface area contributed by atoms with Gasteiger partial charge in [-0.1, -0.05) is 85.3 Å². The maximum absolute atomic E-state index is 14.5. The van der Waals surface area contributed by atoms with Gasteiger partial charge in [0.2, 0.25) is 11.8 Å². The van der Waals surface area contributed by atoms with E-state index in [2.05, 4.69) is 5.32 Å². The lowest BCUT2D eigenvalue weighted by Gasteiger charge is -2.34. The quantitative estimate of drug-likeness (QED) is 0.187. The summed E-state index contributed by atoms with van der Waals surface area (Å²) in [5.74, 6) is -0.792. The summed E-state index contributed by atoms with van der Waals surface area (Å²) in [5.41, 5.74) is 3.89. The van der Waals surface area contributed by atoms with Crippen molar-refractivity contribution < 1.29 is 18.0 Å². The minimum absolute atomic E-state index is 0.00295. The van der Waals surface area contributed by atoms with Crippen LogP contribution in [-0.4, -0.2) is 44.3 Å². The summed E-state index contributed by atoms with van der Waals surface area (Å²) >= 11 is 6.05. The molecule has 2 amide bonds. The van der Waals surface area contributed by atoms with Crippen molar-refractivity contribution in [2.24, 2.45) is 0 Å². The van der Waals surface area contributed by atoms with E-state index < -0.39 is 28.5 Å². The molecule has 9 heteroatoms. The molecule has 0 radical (unpaired) electrons. The molecular formula is C35H38ClN3O4S. The molecule has 0 saturated heterocycles. The van der Waals surface area contributed by atoms with Gasteiger partial charge in [0.1, 0.15) is 12.6 Å². The van der Waals surface area contributed by atoms with E-state index in [1.165, 1.54) is 29.2 Å². The summed E-state index contributed by atoms with van der Waals surface area (Å²) in [7, 11) is -4.19. The zero-order valence-corrected chi connectivity index (χ0v) is 26.8. The number of amides is 2. The van der Waals surface area contributed by atoms with Crippen LogP contribution in [0.15, 0.2) is 108 Å². The van der Waals surface area contributed by atoms with Crippen LogP contribution in [-0.2, 0) is 32.6 Å². The number of carbonyl (C=O) groups excluding carboxylic acids is 2. The Morgan fingerprint density at radius 2 is 1.55 bits per heavy atom. The van der Waals surface area contributed by atoms with Gasteiger partial charge in [0.15, 0.2) is 0 Å². The second kappa shape index (κ2) is 15.0. The highest BCUT2D eigenvalue weighted by Gasteiger charge is 2.34. The van der Waals surface area contributed by atoms with Gasteiger partial charge in [-0.2, -0.15) is 0 Å². The Kier molecular flexibility index (Phi) is 11.2. The Hall–Kier alpha value is -4.14. The molecule has 0 aliphatic carbocycles. The first kappa shape index (κ1) is 32.8. The van der Waals surface area contributed by atoms with Crippen LogP contribution >= 0.6 is 11.6 Å². The molecule has 0 heterocycles. The molecule has 0 spiro atoms. The average Bonchev–Trinajstić information content (AvgIpc) is 3.01. The van der Waals surface area contributed by atoms with Gasteiger partial charge >= 0.3 is 0 Å². The smallest absolute Gasteiger partial charge is 0.264 e. The molecule has 0 unspecified atom stereocenters. The number of benzene rings is 4. The van der Waals surface area contributed by atoms with E-state index in [1.54, 1.807) is 18.2 Å². The number of sulfonamides is 1. The van der Waals surface area contributed by atoms with Crippen LogP contribution in [0.3, 0.4) is 0 Å². The number of rotatable bonds is 13. The van der Waals surface area contributed by atoms with Crippen LogP contribution in [0.25, 0.3) is 0 Å². The number of hydrogen-bond donors (Lipinski definition) is 1. The highest BCUT2D eigenvalue weighted by molar-refractivity contribution is 7.92. The van der Waals surface area contributed by atoms with E-state index in [0.717, 1.165) is 33.0 Å². The number of carbonyl (C=O) groups is 2. The minimum atomic E-state index is -4.19. The SMILES string of the molecule is CCCNC(=O)[C@H](Cc1ccccc1)N(Cc1ccccc1C)C(=O)CN(c1cccc(C)c1)S(=O)(=O)c1ccc(Cl)cc1. The molecular weight excluding hydrogens is 594 g/mol. The summed E-state index contributed by atoms with van der Waals surface area (Å²) < 4.78 is 29.3. The van der Waals surface area contributed by atoms with Gasteiger partial charge < -0.3 is 10.2 Å². The summed E-state index contributed by atoms with van der Waals surface area (Å²) in [5, 5.41) is 3.36. The highest BCUT2D eigenvalue weighted by Crippen LogP contribution is 2.27. The van der Waals surface area contributed by atoms with Crippen LogP contribution < -0.4 is 9.62 Å². The molecule has 1 atom stereocenters. The number of nitrogens with one attached hydrogen (secondary N) is 1. The second-order valence-electron chi connectivity index (χ2n) is 10.7. The first-order valence-electron chi connectivity index (χ1n) is 14.6. The fraction of sp³-hybridized carbons (Fsp3) is 0.257. The van der Waals surface area contributed by atoms with E-state index in [9.17, 15) is 18.0 Å². The summed E-state index contributed by atoms with van der Waals surface area (Å²) in [4.78, 5) is 29.7. The molecule has 0 aliphatic rings. The third-order valence-corrected chi connectivity index (χ3v) is 9.43. The molecule has 0 aliphatic heterocycles. The normalized spacial score (nSPS) is 11.9. The van der Waals surface area contributed by atoms with Crippen LogP contribution in [0.5, 0.6) is 0 Å². The number of nitrogens with zero attached hydrogens (tertiary/aromatic N) is 2. The Bertz CT molecular complexity index is 1680. The largest absolute Gasteiger partial charge is 0.354 e. The first-order chi connectivity index (χ1) is 21.1. The topological polar surface area (TPSA) is 86.8 Å². The van der Waals surface area contributed by atoms with Gasteiger partial charge in [0.25, 0.3) is 10.0 Å². The Morgan fingerprint density at radius 3 is 2.20 bits per heavy atom. The van der Waals surface area contributed by atoms with Crippen molar-refractivity contribution in [1.82, 2.24) is 10.2 Å². The third kappa shape index (κ3) is 8.27. The maximum atomic E-state index is 14.5. The van der Waals surface area contributed by atoms with Crippen molar-refractivity contribution >= 4 is 39.1 Å². The molecule has 0 saturated carbocycles. The van der Waals surface area contributed by atoms with E-state index in [4.69, 9.17) is 11.6 Å². The lowest BCUT2D eigenvalue weighted by molar-refractivity contribution is -0.140. The zero-order valence-electron chi connectivity index (χ0n) is 25.2. The fourth-order valence-corrected chi connectivity index (χ4v) is 6.47. The van der Waals surface area contributed by atoms with E-state index in [0.29, 0.717) is 17.3 Å². The second-order valence-corrected chi connectivity index (χ2v) is 13.0. The van der Waals surface area contributed by atoms with Gasteiger partial charge in [-0.15, -0.1) is 0 Å². The van der Waals surface area contributed by atoms with Crippen molar-refractivity contribution in [2.75, 3.05) is 17.4 Å². The number of halogens is 1. The summed E-state index contributed by atoms with van der Waals surface area (Å²) in [6.07, 6.45) is 0.998. The van der Waals surface area contributed by atoms with E-state index in [-0.39, 0.29) is 23.8 Å². The first-order valence-corrected chi connectivity index (χ1v) is 16.4. The molecule has 4 rings (SSSR count). The van der Waals surface area contributed by atoms with Gasteiger partial charge in [0.05, 0.1) is 10.6 Å². The average molecular weight is 632 g/mol. The molecule has 7 nitrogen and oxygen atoms in total. The van der Waals surface area contributed by atoms with Crippen molar-refractivity contribution in [3.05, 3.63) is 130 Å². The lowest BCUT2D eigenvalue weighted by atomic mass is 10.0. The number of hydrogen-bond acceptors (Lipinski definition) is 4. The van der Waals surface area contributed by atoms with Gasteiger partial charge in [-0.25, -0.2) is 8.42 Å². The Balaban J connectivity index is 1.80. The Labute approximate surface area is 265 Å². The molecule has 0 aromatic heterocycles. The van der Waals surface area contributed by atoms with Crippen molar-refractivity contribution in [3.8, 4) is 0 Å². The van der Waals surface area contributed by atoms with Crippen molar-refractivity contribution in [3.63, 3.8) is 0 Å². The maximum Gasteiger partial charge on any atom is 0.264 e. The van der Waals surface area contributed by atoms with Gasteiger partial charge in [-0.3, -0.25) is 13.9 Å². The fourth-order valence-electron chi connectivity index (χ4n) is 4.94. The van der Waals surface area contributed by atoms with Crippen LogP contribution in [0.4, 0.5) is 5.69 Å². The van der Waals surface area contributed by atoms with Crippen LogP contribution in [0, 0.1) is 13.8 Å². The zero-order chi connectivity index (χ0) is 31.7. The van der Waals surface area contributed by atoms with E-state index >= 15 is 0 Å². The molecule has 4 aromatic rings. The van der Waals surface area contributed by atoms with Gasteiger partial charge in [-0.05, 0) is 78.9 Å². The molecule has 1 N–H and O–H groups in total. The van der Waals surface area contributed by atoms with Crippen molar-refractivity contribution in [1.29, 1.82) is 0 Å². The highest BCUT2D eigenvalue weighted by atomic mass is 35.5.